The zero-order chi connectivity index (χ0) is 23.3. The molecule has 0 fully saturated rings. The Kier molecular flexibility index (Phi) is 6.50. The molecule has 3 aromatic carbocycles. The quantitative estimate of drug-likeness (QED) is 0.376. The Labute approximate surface area is 182 Å². The molecule has 0 heterocycles. The Balaban J connectivity index is 1.83. The molecule has 0 radical (unpaired) electrons. The highest BCUT2D eigenvalue weighted by molar-refractivity contribution is 6.14. The maximum absolute atomic E-state index is 12.8. The van der Waals surface area contributed by atoms with Crippen molar-refractivity contribution in [2.45, 2.75) is 6.92 Å². The predicted molar refractivity (Wildman–Crippen MR) is 118 cm³/mol. The van der Waals surface area contributed by atoms with Gasteiger partial charge < -0.3 is 26.2 Å². The summed E-state index contributed by atoms with van der Waals surface area (Å²) < 4.78 is 0. The number of aromatic hydroxyl groups is 1. The normalized spacial score (nSPS) is 10.2. The fourth-order valence-corrected chi connectivity index (χ4v) is 2.90. The Morgan fingerprint density at radius 3 is 2.00 bits per heavy atom. The van der Waals surface area contributed by atoms with E-state index in [-0.39, 0.29) is 39.7 Å². The van der Waals surface area contributed by atoms with Gasteiger partial charge in [-0.1, -0.05) is 12.1 Å². The summed E-state index contributed by atoms with van der Waals surface area (Å²) in [6, 6.07) is 15.8. The van der Waals surface area contributed by atoms with Gasteiger partial charge in [-0.3, -0.25) is 14.4 Å². The van der Waals surface area contributed by atoms with Crippen LogP contribution in [0.15, 0.2) is 66.7 Å². The minimum absolute atomic E-state index is 0.0617. The van der Waals surface area contributed by atoms with E-state index in [4.69, 9.17) is 0 Å². The third-order valence-corrected chi connectivity index (χ3v) is 4.37. The minimum atomic E-state index is -1.21. The van der Waals surface area contributed by atoms with Crippen molar-refractivity contribution in [1.82, 2.24) is 0 Å². The molecule has 0 bridgehead atoms. The second kappa shape index (κ2) is 9.43. The third kappa shape index (κ3) is 5.28. The number of carboxylic acids is 1. The van der Waals surface area contributed by atoms with E-state index in [1.54, 1.807) is 18.2 Å². The molecule has 9 heteroatoms. The molecule has 0 saturated carbocycles. The van der Waals surface area contributed by atoms with Crippen LogP contribution in [0.3, 0.4) is 0 Å². The third-order valence-electron chi connectivity index (χ3n) is 4.37. The van der Waals surface area contributed by atoms with Crippen LogP contribution >= 0.6 is 0 Å². The fourth-order valence-electron chi connectivity index (χ4n) is 2.90. The second-order valence-electron chi connectivity index (χ2n) is 6.75. The van der Waals surface area contributed by atoms with Crippen molar-refractivity contribution >= 4 is 40.8 Å². The zero-order valence-corrected chi connectivity index (χ0v) is 16.9. The molecule has 0 aliphatic heterocycles. The maximum atomic E-state index is 12.8. The second-order valence-corrected chi connectivity index (χ2v) is 6.75. The number of hydrogen-bond donors (Lipinski definition) is 5. The summed E-state index contributed by atoms with van der Waals surface area (Å²) >= 11 is 0. The van der Waals surface area contributed by atoms with Gasteiger partial charge in [0.25, 0.3) is 11.8 Å². The molecule has 0 aliphatic carbocycles. The van der Waals surface area contributed by atoms with Crippen LogP contribution < -0.4 is 16.0 Å². The van der Waals surface area contributed by atoms with Gasteiger partial charge in [0.1, 0.15) is 5.75 Å². The van der Waals surface area contributed by atoms with Gasteiger partial charge >= 0.3 is 5.97 Å². The van der Waals surface area contributed by atoms with Crippen LogP contribution in [0.5, 0.6) is 5.75 Å². The number of hydrogen-bond acceptors (Lipinski definition) is 5. The summed E-state index contributed by atoms with van der Waals surface area (Å²) in [5.74, 6) is -2.91. The number of aromatic carboxylic acids is 1. The molecule has 0 saturated heterocycles. The van der Waals surface area contributed by atoms with E-state index < -0.39 is 17.8 Å². The van der Waals surface area contributed by atoms with E-state index in [2.05, 4.69) is 16.0 Å². The number of carbonyl (C=O) groups is 4. The van der Waals surface area contributed by atoms with E-state index in [9.17, 15) is 29.4 Å². The van der Waals surface area contributed by atoms with E-state index in [1.165, 1.54) is 49.4 Å². The molecule has 162 valence electrons. The number of anilines is 3. The van der Waals surface area contributed by atoms with E-state index in [1.807, 2.05) is 0 Å². The summed E-state index contributed by atoms with van der Waals surface area (Å²) in [7, 11) is 0. The van der Waals surface area contributed by atoms with Gasteiger partial charge in [0, 0.05) is 18.2 Å². The van der Waals surface area contributed by atoms with Gasteiger partial charge in [0.2, 0.25) is 5.91 Å². The van der Waals surface area contributed by atoms with Crippen LogP contribution in [0.25, 0.3) is 0 Å². The highest BCUT2D eigenvalue weighted by atomic mass is 16.4. The largest absolute Gasteiger partial charge is 0.508 e. The molecule has 5 N–H and O–H groups in total. The van der Waals surface area contributed by atoms with Gasteiger partial charge in [0.15, 0.2) is 0 Å². The smallest absolute Gasteiger partial charge is 0.337 e. The summed E-state index contributed by atoms with van der Waals surface area (Å²) in [6.45, 7) is 1.37. The highest BCUT2D eigenvalue weighted by Gasteiger charge is 2.18. The van der Waals surface area contributed by atoms with Crippen LogP contribution in [0.2, 0.25) is 0 Å². The number of amides is 3. The average molecular weight is 433 g/mol. The summed E-state index contributed by atoms with van der Waals surface area (Å²) in [5.41, 5.74) is 0.813. The van der Waals surface area contributed by atoms with E-state index >= 15 is 0 Å². The lowest BCUT2D eigenvalue weighted by Gasteiger charge is -2.13. The van der Waals surface area contributed by atoms with Crippen LogP contribution in [0.4, 0.5) is 17.1 Å². The summed E-state index contributed by atoms with van der Waals surface area (Å²) in [6.07, 6.45) is 0. The van der Waals surface area contributed by atoms with Crippen molar-refractivity contribution in [3.8, 4) is 5.75 Å². The molecule has 3 rings (SSSR count). The fraction of sp³-hybridized carbons (Fsp3) is 0.0435. The number of phenols is 1. The molecular formula is C23H19N3O6. The Morgan fingerprint density at radius 2 is 1.34 bits per heavy atom. The van der Waals surface area contributed by atoms with Crippen LogP contribution in [0.1, 0.15) is 38.0 Å². The van der Waals surface area contributed by atoms with Gasteiger partial charge in [-0.05, 0) is 54.6 Å². The molecule has 9 nitrogen and oxygen atoms in total. The Hall–Kier alpha value is -4.66. The average Bonchev–Trinajstić information content (AvgIpc) is 2.75. The van der Waals surface area contributed by atoms with Crippen molar-refractivity contribution in [2.75, 3.05) is 16.0 Å². The van der Waals surface area contributed by atoms with Gasteiger partial charge in [-0.25, -0.2) is 4.79 Å². The molecule has 0 atom stereocenters. The first-order chi connectivity index (χ1) is 15.2. The van der Waals surface area contributed by atoms with Crippen molar-refractivity contribution < 1.29 is 29.4 Å². The predicted octanol–water partition coefficient (Wildman–Crippen LogP) is 3.55. The van der Waals surface area contributed by atoms with E-state index in [0.29, 0.717) is 5.69 Å². The van der Waals surface area contributed by atoms with Crippen LogP contribution in [0, 0.1) is 0 Å². The molecule has 0 aliphatic rings. The van der Waals surface area contributed by atoms with Gasteiger partial charge in [-0.15, -0.1) is 0 Å². The number of nitrogens with one attached hydrogen (secondary N) is 3. The van der Waals surface area contributed by atoms with Crippen molar-refractivity contribution in [3.05, 3.63) is 83.4 Å². The van der Waals surface area contributed by atoms with Gasteiger partial charge in [0.05, 0.1) is 22.5 Å². The zero-order valence-electron chi connectivity index (χ0n) is 16.9. The minimum Gasteiger partial charge on any atom is -0.508 e. The number of carboxylic acid groups (broad SMARTS) is 1. The molecule has 3 amide bonds. The van der Waals surface area contributed by atoms with Crippen LogP contribution in [-0.4, -0.2) is 33.9 Å². The monoisotopic (exact) mass is 433 g/mol. The Morgan fingerprint density at radius 1 is 0.719 bits per heavy atom. The molecule has 3 aromatic rings. The lowest BCUT2D eigenvalue weighted by molar-refractivity contribution is -0.114. The lowest BCUT2D eigenvalue weighted by Crippen LogP contribution is -2.19. The number of benzene rings is 3. The van der Waals surface area contributed by atoms with E-state index in [0.717, 1.165) is 6.07 Å². The SMILES string of the molecule is CC(=O)Nc1ccc(C(=O)Nc2ccc(O)cc2C(=O)Nc2ccccc2C(=O)O)cc1. The lowest BCUT2D eigenvalue weighted by atomic mass is 10.1. The molecule has 0 unspecified atom stereocenters. The molecule has 0 spiro atoms. The first-order valence-electron chi connectivity index (χ1n) is 9.40. The van der Waals surface area contributed by atoms with Gasteiger partial charge in [-0.2, -0.15) is 0 Å². The topological polar surface area (TPSA) is 145 Å². The maximum Gasteiger partial charge on any atom is 0.337 e. The summed E-state index contributed by atoms with van der Waals surface area (Å²) in [5, 5.41) is 26.8. The summed E-state index contributed by atoms with van der Waals surface area (Å²) in [4.78, 5) is 47.9. The highest BCUT2D eigenvalue weighted by Crippen LogP contribution is 2.24. The number of rotatable bonds is 6. The Bertz CT molecular complexity index is 1200. The van der Waals surface area contributed by atoms with Crippen molar-refractivity contribution in [2.24, 2.45) is 0 Å². The molecule has 0 aromatic heterocycles. The number of para-hydroxylation sites is 1. The standard InChI is InChI=1S/C23H19N3O6/c1-13(27)24-15-8-6-14(7-9-15)21(29)25-20-11-10-16(28)12-18(20)22(30)26-19-5-3-2-4-17(19)23(31)32/h2-12,28H,1H3,(H,24,27)(H,25,29)(H,26,30)(H,31,32). The molecule has 32 heavy (non-hydrogen) atoms. The van der Waals surface area contributed by atoms with Crippen molar-refractivity contribution in [3.63, 3.8) is 0 Å². The number of phenolic OH excluding ortho intramolecular Hbond substituents is 1. The molecular weight excluding hydrogens is 414 g/mol. The van der Waals surface area contributed by atoms with Crippen molar-refractivity contribution in [1.29, 1.82) is 0 Å². The number of carbonyl (C=O) groups excluding carboxylic acids is 3. The van der Waals surface area contributed by atoms with Crippen LogP contribution in [-0.2, 0) is 4.79 Å². The first kappa shape index (κ1) is 22.0. The first-order valence-corrected chi connectivity index (χ1v) is 9.40.